The molecular weight excluding hydrogens is 359 g/mol. The number of anilines is 1. The fraction of sp³-hybridized carbons (Fsp3) is 0.412. The maximum absolute atomic E-state index is 14.6. The molecule has 0 bridgehead atoms. The van der Waals surface area contributed by atoms with Gasteiger partial charge in [-0.2, -0.15) is 0 Å². The molecule has 27 heavy (non-hydrogen) atoms. The van der Waals surface area contributed by atoms with Crippen molar-refractivity contribution < 1.29 is 28.4 Å². The number of halogens is 1. The van der Waals surface area contributed by atoms with Crippen molar-refractivity contribution in [1.82, 2.24) is 15.8 Å². The van der Waals surface area contributed by atoms with Crippen LogP contribution in [-0.4, -0.2) is 48.3 Å². The van der Waals surface area contributed by atoms with E-state index in [2.05, 4.69) is 15.8 Å². The Morgan fingerprint density at radius 2 is 2.00 bits per heavy atom. The molecule has 2 aliphatic rings. The highest BCUT2D eigenvalue weighted by atomic mass is 19.1. The van der Waals surface area contributed by atoms with E-state index in [-0.39, 0.29) is 42.9 Å². The van der Waals surface area contributed by atoms with Gasteiger partial charge in [-0.05, 0) is 49.5 Å². The lowest BCUT2D eigenvalue weighted by Crippen LogP contribution is -2.49. The van der Waals surface area contributed by atoms with Crippen molar-refractivity contribution in [2.45, 2.75) is 25.2 Å². The van der Waals surface area contributed by atoms with E-state index in [1.807, 2.05) is 0 Å². The van der Waals surface area contributed by atoms with E-state index in [1.54, 1.807) is 6.07 Å². The molecule has 4 rings (SSSR count). The number of nitrogens with zero attached hydrogens (tertiary/aromatic N) is 2. The minimum atomic E-state index is -0.565. The van der Waals surface area contributed by atoms with Crippen LogP contribution in [0.4, 0.5) is 15.0 Å². The molecule has 3 N–H and O–H groups in total. The Morgan fingerprint density at radius 1 is 1.30 bits per heavy atom. The first kappa shape index (κ1) is 18.8. The number of carbonyl (C=O) groups excluding carboxylic acids is 2. The number of imide groups is 1. The Bertz CT molecular complexity index is 862. The molecule has 0 saturated carbocycles. The normalized spacial score (nSPS) is 18.0. The number of carbonyl (C=O) groups is 3. The predicted octanol–water partition coefficient (Wildman–Crippen LogP) is 1.58. The fourth-order valence-electron chi connectivity index (χ4n) is 3.37. The van der Waals surface area contributed by atoms with Crippen LogP contribution in [0, 0.1) is 5.82 Å². The summed E-state index contributed by atoms with van der Waals surface area (Å²) in [5.74, 6) is -0.248. The average molecular weight is 378 g/mol. The second-order valence-electron chi connectivity index (χ2n) is 6.26. The Hall–Kier alpha value is -3.01. The standard InChI is InChI=1S/C16H17FN4O3.CH2O2/c17-12-7-11-13(8-10(12)9-1-4-18-5-2-9)24-20-15(11)21-6-3-14(22)19-16(21)23;2-1-3/h7-9,18H,1-6H2,(H,19,22,23);1H,(H,2,3). The number of nitrogens with one attached hydrogen (secondary N) is 2. The van der Waals surface area contributed by atoms with Gasteiger partial charge in [0.15, 0.2) is 11.4 Å². The number of aromatic nitrogens is 1. The maximum atomic E-state index is 14.6. The van der Waals surface area contributed by atoms with E-state index < -0.39 is 6.03 Å². The van der Waals surface area contributed by atoms with Gasteiger partial charge in [0.25, 0.3) is 6.47 Å². The highest BCUT2D eigenvalue weighted by molar-refractivity contribution is 6.08. The molecule has 2 fully saturated rings. The number of hydrogen-bond acceptors (Lipinski definition) is 6. The summed E-state index contributed by atoms with van der Waals surface area (Å²) in [4.78, 5) is 32.9. The molecule has 10 heteroatoms. The van der Waals surface area contributed by atoms with Crippen LogP contribution in [0.5, 0.6) is 0 Å². The van der Waals surface area contributed by atoms with E-state index in [0.717, 1.165) is 25.9 Å². The zero-order valence-corrected chi connectivity index (χ0v) is 14.4. The number of urea groups is 1. The summed E-state index contributed by atoms with van der Waals surface area (Å²) >= 11 is 0. The third kappa shape index (κ3) is 3.90. The summed E-state index contributed by atoms with van der Waals surface area (Å²) in [5.41, 5.74) is 1.08. The van der Waals surface area contributed by atoms with Crippen LogP contribution < -0.4 is 15.5 Å². The lowest BCUT2D eigenvalue weighted by Gasteiger charge is -2.24. The number of hydrogen-bond donors (Lipinski definition) is 3. The van der Waals surface area contributed by atoms with Gasteiger partial charge in [0, 0.05) is 13.0 Å². The molecule has 3 amide bonds. The zero-order valence-electron chi connectivity index (χ0n) is 14.4. The van der Waals surface area contributed by atoms with Crippen LogP contribution in [0.25, 0.3) is 11.0 Å². The van der Waals surface area contributed by atoms with Gasteiger partial charge in [-0.15, -0.1) is 0 Å². The molecule has 9 nitrogen and oxygen atoms in total. The van der Waals surface area contributed by atoms with Crippen LogP contribution in [0.15, 0.2) is 16.7 Å². The SMILES string of the molecule is O=C1CCN(c2noc3cc(C4CCNCC4)c(F)cc23)C(=O)N1.O=CO. The van der Waals surface area contributed by atoms with Crippen LogP contribution in [0.3, 0.4) is 0 Å². The van der Waals surface area contributed by atoms with Crippen LogP contribution >= 0.6 is 0 Å². The predicted molar refractivity (Wildman–Crippen MR) is 93.0 cm³/mol. The molecule has 0 spiro atoms. The van der Waals surface area contributed by atoms with Crippen molar-refractivity contribution in [3.05, 3.63) is 23.5 Å². The van der Waals surface area contributed by atoms with Gasteiger partial charge in [-0.25, -0.2) is 9.18 Å². The summed E-state index contributed by atoms with van der Waals surface area (Å²) in [6.07, 6.45) is 1.93. The Balaban J connectivity index is 0.000000659. The largest absolute Gasteiger partial charge is 0.483 e. The van der Waals surface area contributed by atoms with Crippen molar-refractivity contribution in [2.24, 2.45) is 0 Å². The zero-order chi connectivity index (χ0) is 19.4. The van der Waals surface area contributed by atoms with Gasteiger partial charge in [0.2, 0.25) is 5.91 Å². The van der Waals surface area contributed by atoms with Crippen LogP contribution in [-0.2, 0) is 9.59 Å². The molecule has 3 heterocycles. The monoisotopic (exact) mass is 378 g/mol. The highest BCUT2D eigenvalue weighted by Gasteiger charge is 2.29. The second-order valence-corrected chi connectivity index (χ2v) is 6.26. The van der Waals surface area contributed by atoms with E-state index in [4.69, 9.17) is 14.4 Å². The van der Waals surface area contributed by atoms with Gasteiger partial charge in [-0.1, -0.05) is 5.16 Å². The highest BCUT2D eigenvalue weighted by Crippen LogP contribution is 2.34. The summed E-state index contributed by atoms with van der Waals surface area (Å²) < 4.78 is 20.0. The Morgan fingerprint density at radius 3 is 2.67 bits per heavy atom. The summed E-state index contributed by atoms with van der Waals surface area (Å²) in [6.45, 7) is 1.68. The minimum absolute atomic E-state index is 0.153. The molecule has 0 unspecified atom stereocenters. The quantitative estimate of drug-likeness (QED) is 0.678. The molecule has 2 saturated heterocycles. The molecule has 0 aliphatic carbocycles. The van der Waals surface area contributed by atoms with Crippen molar-refractivity contribution in [1.29, 1.82) is 0 Å². The molecule has 2 aromatic rings. The molecule has 144 valence electrons. The first-order chi connectivity index (χ1) is 13.0. The van der Waals surface area contributed by atoms with Crippen LogP contribution in [0.1, 0.15) is 30.7 Å². The van der Waals surface area contributed by atoms with Crippen molar-refractivity contribution in [2.75, 3.05) is 24.5 Å². The fourth-order valence-corrected chi connectivity index (χ4v) is 3.37. The lowest BCUT2D eigenvalue weighted by molar-refractivity contribution is -0.123. The van der Waals surface area contributed by atoms with Gasteiger partial charge in [-0.3, -0.25) is 19.8 Å². The molecule has 0 radical (unpaired) electrons. The topological polar surface area (TPSA) is 125 Å². The Kier molecular flexibility index (Phi) is 5.65. The minimum Gasteiger partial charge on any atom is -0.483 e. The third-order valence-corrected chi connectivity index (χ3v) is 4.66. The number of carboxylic acid groups (broad SMARTS) is 1. The smallest absolute Gasteiger partial charge is 0.329 e. The van der Waals surface area contributed by atoms with E-state index in [1.165, 1.54) is 11.0 Å². The average Bonchev–Trinajstić information content (AvgIpc) is 3.05. The second kappa shape index (κ2) is 8.12. The van der Waals surface area contributed by atoms with E-state index >= 15 is 0 Å². The van der Waals surface area contributed by atoms with Crippen molar-refractivity contribution in [3.63, 3.8) is 0 Å². The molecule has 1 aromatic carbocycles. The third-order valence-electron chi connectivity index (χ3n) is 4.66. The number of fused-ring (bicyclic) bond motifs is 1. The number of piperidine rings is 1. The summed E-state index contributed by atoms with van der Waals surface area (Å²) in [7, 11) is 0. The van der Waals surface area contributed by atoms with Gasteiger partial charge < -0.3 is 14.9 Å². The lowest BCUT2D eigenvalue weighted by atomic mass is 9.89. The Labute approximate surface area is 153 Å². The molecule has 2 aliphatic heterocycles. The molecular formula is C17H19FN4O5. The summed E-state index contributed by atoms with van der Waals surface area (Å²) in [6, 6.07) is 2.50. The first-order valence-corrected chi connectivity index (χ1v) is 8.54. The van der Waals surface area contributed by atoms with Gasteiger partial charge in [0.1, 0.15) is 5.82 Å². The first-order valence-electron chi connectivity index (χ1n) is 8.54. The van der Waals surface area contributed by atoms with Gasteiger partial charge >= 0.3 is 6.03 Å². The number of amides is 3. The van der Waals surface area contributed by atoms with Crippen LogP contribution in [0.2, 0.25) is 0 Å². The number of rotatable bonds is 2. The van der Waals surface area contributed by atoms with Crippen molar-refractivity contribution >= 4 is 35.2 Å². The van der Waals surface area contributed by atoms with E-state index in [9.17, 15) is 14.0 Å². The van der Waals surface area contributed by atoms with Gasteiger partial charge in [0.05, 0.1) is 5.39 Å². The molecule has 1 aromatic heterocycles. The van der Waals surface area contributed by atoms with Crippen molar-refractivity contribution in [3.8, 4) is 0 Å². The maximum Gasteiger partial charge on any atom is 0.329 e. The summed E-state index contributed by atoms with van der Waals surface area (Å²) in [5, 5.41) is 16.7. The molecule has 0 atom stereocenters. The van der Waals surface area contributed by atoms with E-state index in [0.29, 0.717) is 16.5 Å². The number of benzene rings is 1.